The molecule has 0 aliphatic rings. The fraction of sp³-hybridized carbons (Fsp3) is 0.0476. The number of aryl methyl sites for hydroxylation is 1. The van der Waals surface area contributed by atoms with Gasteiger partial charge in [0.25, 0.3) is 0 Å². The van der Waals surface area contributed by atoms with Crippen LogP contribution >= 0.6 is 22.9 Å². The molecule has 0 spiro atoms. The van der Waals surface area contributed by atoms with Gasteiger partial charge in [-0.05, 0) is 31.2 Å². The fourth-order valence-electron chi connectivity index (χ4n) is 3.22. The highest BCUT2D eigenvalue weighted by Crippen LogP contribution is 2.35. The van der Waals surface area contributed by atoms with Gasteiger partial charge >= 0.3 is 0 Å². The predicted molar refractivity (Wildman–Crippen MR) is 113 cm³/mol. The van der Waals surface area contributed by atoms with Crippen LogP contribution in [0.5, 0.6) is 0 Å². The summed E-state index contributed by atoms with van der Waals surface area (Å²) in [4.78, 5) is 21.9. The molecular formula is C21H13ClFN5S. The summed E-state index contributed by atoms with van der Waals surface area (Å²) in [6.07, 6.45) is 6.73. The number of hydrogen-bond donors (Lipinski definition) is 1. The van der Waals surface area contributed by atoms with E-state index in [-0.39, 0.29) is 5.82 Å². The lowest BCUT2D eigenvalue weighted by Gasteiger charge is -2.02. The number of thiazole rings is 1. The molecule has 0 fully saturated rings. The molecule has 0 saturated carbocycles. The highest BCUT2D eigenvalue weighted by Gasteiger charge is 2.16. The van der Waals surface area contributed by atoms with Gasteiger partial charge in [-0.2, -0.15) is 0 Å². The number of benzene rings is 1. The summed E-state index contributed by atoms with van der Waals surface area (Å²) in [6.45, 7) is 2.01. The topological polar surface area (TPSA) is 67.3 Å². The first-order valence-corrected chi connectivity index (χ1v) is 9.97. The van der Waals surface area contributed by atoms with Crippen molar-refractivity contribution in [3.05, 3.63) is 70.8 Å². The Labute approximate surface area is 174 Å². The van der Waals surface area contributed by atoms with Gasteiger partial charge in [-0.15, -0.1) is 11.3 Å². The fourth-order valence-corrected chi connectivity index (χ4v) is 4.38. The Morgan fingerprint density at radius 2 is 2.00 bits per heavy atom. The monoisotopic (exact) mass is 421 g/mol. The molecule has 0 aliphatic carbocycles. The number of hydrogen-bond acceptors (Lipinski definition) is 5. The third kappa shape index (κ3) is 3.18. The van der Waals surface area contributed by atoms with Crippen molar-refractivity contribution in [1.82, 2.24) is 24.9 Å². The van der Waals surface area contributed by atoms with E-state index in [4.69, 9.17) is 16.6 Å². The average Bonchev–Trinajstić information content (AvgIpc) is 3.31. The second-order valence-electron chi connectivity index (χ2n) is 6.46. The summed E-state index contributed by atoms with van der Waals surface area (Å²) in [7, 11) is 0. The Kier molecular flexibility index (Phi) is 4.34. The molecular weight excluding hydrogens is 409 g/mol. The highest BCUT2D eigenvalue weighted by molar-refractivity contribution is 7.15. The minimum Gasteiger partial charge on any atom is -0.339 e. The van der Waals surface area contributed by atoms with E-state index in [1.165, 1.54) is 6.07 Å². The summed E-state index contributed by atoms with van der Waals surface area (Å²) in [6, 6.07) is 8.47. The van der Waals surface area contributed by atoms with Crippen LogP contribution in [0.15, 0.2) is 55.1 Å². The number of rotatable bonds is 3. The first-order chi connectivity index (χ1) is 14.1. The minimum atomic E-state index is -0.381. The summed E-state index contributed by atoms with van der Waals surface area (Å²) < 4.78 is 14.3. The van der Waals surface area contributed by atoms with Crippen LogP contribution in [0, 0.1) is 12.7 Å². The third-order valence-electron chi connectivity index (χ3n) is 4.55. The Bertz CT molecular complexity index is 1330. The van der Waals surface area contributed by atoms with Crippen molar-refractivity contribution in [1.29, 1.82) is 0 Å². The normalized spacial score (nSPS) is 11.3. The molecule has 8 heteroatoms. The maximum absolute atomic E-state index is 14.3. The molecule has 29 heavy (non-hydrogen) atoms. The van der Waals surface area contributed by atoms with Crippen LogP contribution in [-0.4, -0.2) is 24.9 Å². The van der Waals surface area contributed by atoms with Crippen LogP contribution in [0.3, 0.4) is 0 Å². The van der Waals surface area contributed by atoms with Crippen LogP contribution < -0.4 is 0 Å². The number of pyridine rings is 1. The number of fused-ring (bicyclic) bond motifs is 1. The van der Waals surface area contributed by atoms with Crippen molar-refractivity contribution in [2.24, 2.45) is 0 Å². The molecule has 0 unspecified atom stereocenters. The van der Waals surface area contributed by atoms with Crippen molar-refractivity contribution >= 4 is 34.0 Å². The average molecular weight is 422 g/mol. The van der Waals surface area contributed by atoms with E-state index < -0.39 is 0 Å². The van der Waals surface area contributed by atoms with E-state index >= 15 is 0 Å². The largest absolute Gasteiger partial charge is 0.339 e. The summed E-state index contributed by atoms with van der Waals surface area (Å²) >= 11 is 7.76. The van der Waals surface area contributed by atoms with E-state index in [9.17, 15) is 4.39 Å². The maximum Gasteiger partial charge on any atom is 0.144 e. The second-order valence-corrected chi connectivity index (χ2v) is 8.07. The van der Waals surface area contributed by atoms with E-state index in [1.54, 1.807) is 48.3 Å². The van der Waals surface area contributed by atoms with Gasteiger partial charge in [0.15, 0.2) is 0 Å². The standard InChI is InChI=1S/C21H13ClFN5S/c1-11-19(28-21(29-11)17-10-24-5-6-25-17)13-7-12-8-16(27-20(12)26-9-13)18-14(22)3-2-4-15(18)23/h2-10H,1H3,(H,26,27). The van der Waals surface area contributed by atoms with Gasteiger partial charge in [0.2, 0.25) is 0 Å². The zero-order valence-corrected chi connectivity index (χ0v) is 16.7. The van der Waals surface area contributed by atoms with Crippen molar-refractivity contribution in [3.63, 3.8) is 0 Å². The minimum absolute atomic E-state index is 0.337. The molecule has 0 bridgehead atoms. The molecule has 1 aromatic carbocycles. The number of aromatic nitrogens is 5. The molecule has 0 radical (unpaired) electrons. The lowest BCUT2D eigenvalue weighted by Crippen LogP contribution is -1.86. The van der Waals surface area contributed by atoms with Crippen molar-refractivity contribution < 1.29 is 4.39 Å². The van der Waals surface area contributed by atoms with Crippen molar-refractivity contribution in [2.75, 3.05) is 0 Å². The Balaban J connectivity index is 1.59. The molecule has 0 atom stereocenters. The number of H-pyrrole nitrogens is 1. The van der Waals surface area contributed by atoms with E-state index in [2.05, 4.69) is 19.9 Å². The third-order valence-corrected chi connectivity index (χ3v) is 5.86. The van der Waals surface area contributed by atoms with E-state index in [0.717, 1.165) is 32.2 Å². The maximum atomic E-state index is 14.3. The van der Waals surface area contributed by atoms with Gasteiger partial charge in [0.05, 0.1) is 28.2 Å². The molecule has 5 rings (SSSR count). The Morgan fingerprint density at radius 1 is 1.10 bits per heavy atom. The molecule has 142 valence electrons. The quantitative estimate of drug-likeness (QED) is 0.393. The summed E-state index contributed by atoms with van der Waals surface area (Å²) in [5.74, 6) is -0.381. The lowest BCUT2D eigenvalue weighted by atomic mass is 10.1. The van der Waals surface area contributed by atoms with Gasteiger partial charge in [-0.1, -0.05) is 17.7 Å². The van der Waals surface area contributed by atoms with Crippen LogP contribution in [0.25, 0.3) is 44.2 Å². The SMILES string of the molecule is Cc1sc(-c2cnccn2)nc1-c1cnc2[nH]c(-c3c(F)cccc3Cl)cc2c1. The van der Waals surface area contributed by atoms with Gasteiger partial charge in [-0.3, -0.25) is 9.97 Å². The van der Waals surface area contributed by atoms with Crippen molar-refractivity contribution in [3.8, 4) is 33.2 Å². The van der Waals surface area contributed by atoms with Gasteiger partial charge < -0.3 is 4.98 Å². The zero-order valence-electron chi connectivity index (χ0n) is 15.1. The zero-order chi connectivity index (χ0) is 20.0. The summed E-state index contributed by atoms with van der Waals surface area (Å²) in [5, 5.41) is 2.00. The first-order valence-electron chi connectivity index (χ1n) is 8.77. The van der Waals surface area contributed by atoms with Crippen LogP contribution in [0.1, 0.15) is 4.88 Å². The predicted octanol–water partition coefficient (Wildman–Crippen LogP) is 5.91. The highest BCUT2D eigenvalue weighted by atomic mass is 35.5. The number of nitrogens with zero attached hydrogens (tertiary/aromatic N) is 4. The van der Waals surface area contributed by atoms with E-state index in [0.29, 0.717) is 21.9 Å². The lowest BCUT2D eigenvalue weighted by molar-refractivity contribution is 0.631. The van der Waals surface area contributed by atoms with E-state index in [1.807, 2.05) is 19.1 Å². The van der Waals surface area contributed by atoms with Crippen LogP contribution in [0.4, 0.5) is 4.39 Å². The molecule has 0 aliphatic heterocycles. The van der Waals surface area contributed by atoms with Crippen LogP contribution in [-0.2, 0) is 0 Å². The molecule has 4 aromatic heterocycles. The van der Waals surface area contributed by atoms with Gasteiger partial charge in [0, 0.05) is 34.4 Å². The van der Waals surface area contributed by atoms with Gasteiger partial charge in [0.1, 0.15) is 22.2 Å². The molecule has 5 aromatic rings. The smallest absolute Gasteiger partial charge is 0.144 e. The Hall–Kier alpha value is -3.16. The van der Waals surface area contributed by atoms with Gasteiger partial charge in [-0.25, -0.2) is 14.4 Å². The van der Waals surface area contributed by atoms with Crippen molar-refractivity contribution in [2.45, 2.75) is 6.92 Å². The molecule has 0 saturated heterocycles. The molecule has 4 heterocycles. The summed E-state index contributed by atoms with van der Waals surface area (Å²) in [5.41, 5.74) is 4.04. The number of aromatic amines is 1. The van der Waals surface area contributed by atoms with Crippen LogP contribution in [0.2, 0.25) is 5.02 Å². The second kappa shape index (κ2) is 7.02. The number of nitrogens with one attached hydrogen (secondary N) is 1. The molecule has 1 N–H and O–H groups in total. The Morgan fingerprint density at radius 3 is 2.79 bits per heavy atom. The molecule has 5 nitrogen and oxygen atoms in total. The molecule has 0 amide bonds. The first kappa shape index (κ1) is 17.9. The number of halogens is 2.